The van der Waals surface area contributed by atoms with Crippen LogP contribution in [0.4, 0.5) is 9.59 Å². The zero-order valence-corrected chi connectivity index (χ0v) is 13.3. The van der Waals surface area contributed by atoms with Crippen molar-refractivity contribution in [1.82, 2.24) is 10.4 Å². The van der Waals surface area contributed by atoms with E-state index < -0.39 is 12.2 Å². The number of carbonyl (C=O) groups is 2. The maximum Gasteiger partial charge on any atom is 0.429 e. The van der Waals surface area contributed by atoms with E-state index in [4.69, 9.17) is 9.47 Å². The molecule has 0 bridgehead atoms. The second-order valence-electron chi connectivity index (χ2n) is 5.69. The first-order valence-electron chi connectivity index (χ1n) is 7.51. The van der Waals surface area contributed by atoms with Gasteiger partial charge in [-0.25, -0.2) is 20.0 Å². The van der Waals surface area contributed by atoms with Crippen LogP contribution in [0.5, 0.6) is 0 Å². The fraction of sp³-hybridized carbons (Fsp3) is 0.733. The summed E-state index contributed by atoms with van der Waals surface area (Å²) in [7, 11) is 0. The largest absolute Gasteiger partial charge is 0.446 e. The van der Waals surface area contributed by atoms with Crippen LogP contribution in [0.15, 0.2) is 11.6 Å². The smallest absolute Gasteiger partial charge is 0.429 e. The minimum absolute atomic E-state index is 0.247. The Morgan fingerprint density at radius 2 is 1.86 bits per heavy atom. The Morgan fingerprint density at radius 1 is 1.19 bits per heavy atom. The van der Waals surface area contributed by atoms with Crippen LogP contribution in [-0.4, -0.2) is 35.9 Å². The third-order valence-electron chi connectivity index (χ3n) is 2.87. The van der Waals surface area contributed by atoms with E-state index in [1.165, 1.54) is 11.4 Å². The van der Waals surface area contributed by atoms with Crippen LogP contribution in [0.3, 0.4) is 0 Å². The second kappa shape index (κ2) is 8.54. The Hall–Kier alpha value is -1.72. The molecule has 120 valence electrons. The van der Waals surface area contributed by atoms with Crippen molar-refractivity contribution in [2.24, 2.45) is 0 Å². The summed E-state index contributed by atoms with van der Waals surface area (Å²) in [4.78, 5) is 23.7. The highest BCUT2D eigenvalue weighted by molar-refractivity contribution is 5.74. The van der Waals surface area contributed by atoms with Gasteiger partial charge in [0, 0.05) is 0 Å². The second-order valence-corrected chi connectivity index (χ2v) is 5.69. The SMILES string of the molecule is CC(C)OC(=O)NN(CC1=CCCCC1)C(=O)OC(C)C. The monoisotopic (exact) mass is 298 g/mol. The van der Waals surface area contributed by atoms with Gasteiger partial charge in [-0.15, -0.1) is 0 Å². The molecule has 1 aliphatic carbocycles. The number of hydrazine groups is 1. The van der Waals surface area contributed by atoms with E-state index in [2.05, 4.69) is 11.5 Å². The van der Waals surface area contributed by atoms with Gasteiger partial charge in [0.05, 0.1) is 18.8 Å². The van der Waals surface area contributed by atoms with Crippen molar-refractivity contribution in [3.8, 4) is 0 Å². The maximum absolute atomic E-state index is 12.1. The van der Waals surface area contributed by atoms with Gasteiger partial charge in [0.25, 0.3) is 0 Å². The first-order chi connectivity index (χ1) is 9.88. The van der Waals surface area contributed by atoms with Crippen molar-refractivity contribution in [1.29, 1.82) is 0 Å². The third kappa shape index (κ3) is 7.02. The van der Waals surface area contributed by atoms with E-state index in [0.29, 0.717) is 6.54 Å². The van der Waals surface area contributed by atoms with E-state index in [-0.39, 0.29) is 12.2 Å². The molecule has 0 aromatic carbocycles. The van der Waals surface area contributed by atoms with Crippen molar-refractivity contribution < 1.29 is 19.1 Å². The van der Waals surface area contributed by atoms with Crippen molar-refractivity contribution in [2.45, 2.75) is 65.6 Å². The van der Waals surface area contributed by atoms with Gasteiger partial charge in [0.2, 0.25) is 0 Å². The molecule has 0 aliphatic heterocycles. The van der Waals surface area contributed by atoms with Gasteiger partial charge in [-0.2, -0.15) is 0 Å². The summed E-state index contributed by atoms with van der Waals surface area (Å²) in [6.07, 6.45) is 4.63. The molecule has 0 spiro atoms. The van der Waals surface area contributed by atoms with Crippen molar-refractivity contribution >= 4 is 12.2 Å². The van der Waals surface area contributed by atoms with Crippen LogP contribution < -0.4 is 5.43 Å². The normalized spacial score (nSPS) is 14.7. The average molecular weight is 298 g/mol. The number of hydrogen-bond donors (Lipinski definition) is 1. The molecule has 1 N–H and O–H groups in total. The molecule has 2 amide bonds. The molecule has 6 nitrogen and oxygen atoms in total. The predicted molar refractivity (Wildman–Crippen MR) is 79.6 cm³/mol. The first kappa shape index (κ1) is 17.3. The molecule has 0 saturated carbocycles. The molecular formula is C15H26N2O4. The molecule has 1 rings (SSSR count). The Bertz CT molecular complexity index is 391. The average Bonchev–Trinajstić information content (AvgIpc) is 2.37. The van der Waals surface area contributed by atoms with Gasteiger partial charge in [-0.05, 0) is 53.4 Å². The zero-order chi connectivity index (χ0) is 15.8. The van der Waals surface area contributed by atoms with Crippen molar-refractivity contribution in [3.05, 3.63) is 11.6 Å². The van der Waals surface area contributed by atoms with Gasteiger partial charge in [-0.3, -0.25) is 0 Å². The first-order valence-corrected chi connectivity index (χ1v) is 7.51. The van der Waals surface area contributed by atoms with Crippen LogP contribution in [0.25, 0.3) is 0 Å². The minimum atomic E-state index is -0.651. The summed E-state index contributed by atoms with van der Waals surface area (Å²) in [5.74, 6) is 0. The molecule has 0 unspecified atom stereocenters. The number of nitrogens with one attached hydrogen (secondary N) is 1. The highest BCUT2D eigenvalue weighted by atomic mass is 16.6. The summed E-state index contributed by atoms with van der Waals surface area (Å²) >= 11 is 0. The van der Waals surface area contributed by atoms with E-state index in [9.17, 15) is 9.59 Å². The van der Waals surface area contributed by atoms with Crippen LogP contribution in [-0.2, 0) is 9.47 Å². The lowest BCUT2D eigenvalue weighted by atomic mass is 10.00. The van der Waals surface area contributed by atoms with E-state index in [0.717, 1.165) is 24.8 Å². The quantitative estimate of drug-likeness (QED) is 0.638. The molecule has 6 heteroatoms. The van der Waals surface area contributed by atoms with Crippen LogP contribution in [0.2, 0.25) is 0 Å². The van der Waals surface area contributed by atoms with Gasteiger partial charge >= 0.3 is 12.2 Å². The molecule has 0 radical (unpaired) electrons. The maximum atomic E-state index is 12.1. The lowest BCUT2D eigenvalue weighted by Crippen LogP contribution is -2.48. The molecule has 0 saturated heterocycles. The highest BCUT2D eigenvalue weighted by Crippen LogP contribution is 2.18. The summed E-state index contributed by atoms with van der Waals surface area (Å²) in [5.41, 5.74) is 3.59. The molecule has 0 fully saturated rings. The highest BCUT2D eigenvalue weighted by Gasteiger charge is 2.21. The third-order valence-corrected chi connectivity index (χ3v) is 2.87. The number of nitrogens with zero attached hydrogens (tertiary/aromatic N) is 1. The summed E-state index contributed by atoms with van der Waals surface area (Å²) in [6, 6.07) is 0. The van der Waals surface area contributed by atoms with Gasteiger partial charge in [0.15, 0.2) is 0 Å². The number of amides is 2. The number of ether oxygens (including phenoxy) is 2. The molecule has 0 atom stereocenters. The lowest BCUT2D eigenvalue weighted by Gasteiger charge is -2.26. The number of carbonyl (C=O) groups excluding carboxylic acids is 2. The van der Waals surface area contributed by atoms with E-state index >= 15 is 0 Å². The Morgan fingerprint density at radius 3 is 2.38 bits per heavy atom. The fourth-order valence-electron chi connectivity index (χ4n) is 2.02. The molecule has 0 heterocycles. The summed E-state index contributed by atoms with van der Waals surface area (Å²) < 4.78 is 10.2. The fourth-order valence-corrected chi connectivity index (χ4v) is 2.02. The van der Waals surface area contributed by atoms with Crippen LogP contribution >= 0.6 is 0 Å². The molecule has 0 aromatic rings. The van der Waals surface area contributed by atoms with E-state index in [1.54, 1.807) is 27.7 Å². The predicted octanol–water partition coefficient (Wildman–Crippen LogP) is 3.38. The van der Waals surface area contributed by atoms with Crippen LogP contribution in [0, 0.1) is 0 Å². The zero-order valence-electron chi connectivity index (χ0n) is 13.3. The van der Waals surface area contributed by atoms with Gasteiger partial charge < -0.3 is 9.47 Å². The van der Waals surface area contributed by atoms with Crippen molar-refractivity contribution in [2.75, 3.05) is 6.54 Å². The molecule has 1 aliphatic rings. The lowest BCUT2D eigenvalue weighted by molar-refractivity contribution is 0.0499. The molecule has 21 heavy (non-hydrogen) atoms. The number of allylic oxidation sites excluding steroid dienone is 1. The topological polar surface area (TPSA) is 67.9 Å². The minimum Gasteiger partial charge on any atom is -0.446 e. The summed E-state index contributed by atoms with van der Waals surface area (Å²) in [5, 5.41) is 1.18. The number of rotatable bonds is 4. The van der Waals surface area contributed by atoms with Gasteiger partial charge in [0.1, 0.15) is 0 Å². The standard InChI is InChI=1S/C15H26N2O4/c1-11(2)20-14(18)16-17(15(19)21-12(3)4)10-13-8-6-5-7-9-13/h8,11-12H,5-7,9-10H2,1-4H3,(H,16,18). The molecular weight excluding hydrogens is 272 g/mol. The summed E-state index contributed by atoms with van der Waals surface area (Å²) in [6.45, 7) is 7.36. The van der Waals surface area contributed by atoms with Gasteiger partial charge in [-0.1, -0.05) is 11.6 Å². The Kier molecular flexibility index (Phi) is 7.05. The number of hydrogen-bond acceptors (Lipinski definition) is 4. The van der Waals surface area contributed by atoms with E-state index in [1.807, 2.05) is 0 Å². The molecule has 0 aromatic heterocycles. The van der Waals surface area contributed by atoms with Crippen LogP contribution in [0.1, 0.15) is 53.4 Å². The Labute approximate surface area is 126 Å². The Balaban J connectivity index is 2.66. The van der Waals surface area contributed by atoms with Crippen molar-refractivity contribution in [3.63, 3.8) is 0 Å².